The van der Waals surface area contributed by atoms with E-state index in [1.54, 1.807) is 30.5 Å². The Morgan fingerprint density at radius 2 is 1.74 bits per heavy atom. The van der Waals surface area contributed by atoms with Gasteiger partial charge >= 0.3 is 0 Å². The zero-order valence-corrected chi connectivity index (χ0v) is 12.7. The lowest BCUT2D eigenvalue weighted by Crippen LogP contribution is -1.88. The number of nitrogens with zero attached hydrogens (tertiary/aromatic N) is 1. The van der Waals surface area contributed by atoms with Crippen molar-refractivity contribution in [3.8, 4) is 45.4 Å². The van der Waals surface area contributed by atoms with Gasteiger partial charge in [0.2, 0.25) is 0 Å². The van der Waals surface area contributed by atoms with E-state index in [0.717, 1.165) is 11.1 Å². The molecule has 0 aliphatic carbocycles. The second kappa shape index (κ2) is 5.92. The van der Waals surface area contributed by atoms with E-state index < -0.39 is 0 Å². The fraction of sp³-hybridized carbons (Fsp3) is 0.118. The number of hydrogen-bond acceptors (Lipinski definition) is 5. The van der Waals surface area contributed by atoms with E-state index in [1.807, 2.05) is 6.07 Å². The van der Waals surface area contributed by atoms with E-state index in [4.69, 9.17) is 9.47 Å². The second-order valence-electron chi connectivity index (χ2n) is 4.93. The third-order valence-corrected chi connectivity index (χ3v) is 3.60. The Labute approximate surface area is 132 Å². The molecule has 0 spiro atoms. The van der Waals surface area contributed by atoms with Gasteiger partial charge in [-0.3, -0.25) is 5.10 Å². The van der Waals surface area contributed by atoms with E-state index in [0.29, 0.717) is 22.8 Å². The maximum absolute atomic E-state index is 10.2. The average Bonchev–Trinajstić information content (AvgIpc) is 3.03. The summed E-state index contributed by atoms with van der Waals surface area (Å²) in [5.41, 5.74) is 2.74. The fourth-order valence-electron chi connectivity index (χ4n) is 2.42. The molecule has 3 N–H and O–H groups in total. The molecule has 1 heterocycles. The highest BCUT2D eigenvalue weighted by Crippen LogP contribution is 2.39. The summed E-state index contributed by atoms with van der Waals surface area (Å²) in [4.78, 5) is 0. The Morgan fingerprint density at radius 1 is 0.913 bits per heavy atom. The van der Waals surface area contributed by atoms with Crippen molar-refractivity contribution in [1.29, 1.82) is 0 Å². The molecule has 0 bridgehead atoms. The van der Waals surface area contributed by atoms with Crippen molar-refractivity contribution in [2.24, 2.45) is 0 Å². The highest BCUT2D eigenvalue weighted by Gasteiger charge is 2.15. The summed E-state index contributed by atoms with van der Waals surface area (Å²) in [6.45, 7) is 0. The first-order chi connectivity index (χ1) is 11.1. The third-order valence-electron chi connectivity index (χ3n) is 3.60. The number of H-pyrrole nitrogens is 1. The summed E-state index contributed by atoms with van der Waals surface area (Å²) < 4.78 is 10.1. The van der Waals surface area contributed by atoms with E-state index in [1.165, 1.54) is 20.3 Å². The Kier molecular flexibility index (Phi) is 3.80. The molecule has 0 aliphatic heterocycles. The first kappa shape index (κ1) is 14.8. The number of nitrogens with one attached hydrogen (secondary N) is 1. The van der Waals surface area contributed by atoms with E-state index in [2.05, 4.69) is 10.2 Å². The predicted octanol–water partition coefficient (Wildman–Crippen LogP) is 3.17. The Morgan fingerprint density at radius 3 is 2.39 bits per heavy atom. The van der Waals surface area contributed by atoms with Gasteiger partial charge in [0.05, 0.1) is 26.1 Å². The minimum Gasteiger partial charge on any atom is -0.507 e. The topological polar surface area (TPSA) is 87.6 Å². The number of hydrogen-bond donors (Lipinski definition) is 3. The molecule has 0 fully saturated rings. The number of benzene rings is 2. The van der Waals surface area contributed by atoms with Gasteiger partial charge in [-0.05, 0) is 29.8 Å². The Balaban J connectivity index is 2.08. The van der Waals surface area contributed by atoms with Crippen LogP contribution in [0.25, 0.3) is 22.4 Å². The summed E-state index contributed by atoms with van der Waals surface area (Å²) >= 11 is 0. The molecule has 118 valence electrons. The number of rotatable bonds is 4. The van der Waals surface area contributed by atoms with Crippen LogP contribution < -0.4 is 9.47 Å². The highest BCUT2D eigenvalue weighted by atomic mass is 16.5. The molecule has 0 unspecified atom stereocenters. The largest absolute Gasteiger partial charge is 0.507 e. The quantitative estimate of drug-likeness (QED) is 0.688. The van der Waals surface area contributed by atoms with Gasteiger partial charge in [0.25, 0.3) is 0 Å². The minimum absolute atomic E-state index is 0.0381. The number of methoxy groups -OCH3 is 2. The lowest BCUT2D eigenvalue weighted by atomic mass is 10.0. The molecule has 0 aliphatic rings. The molecule has 3 aromatic rings. The van der Waals surface area contributed by atoms with Gasteiger partial charge in [-0.25, -0.2) is 0 Å². The average molecular weight is 312 g/mol. The molecule has 0 saturated heterocycles. The van der Waals surface area contributed by atoms with Crippen LogP contribution in [0.5, 0.6) is 23.0 Å². The number of aromatic amines is 1. The van der Waals surface area contributed by atoms with Crippen LogP contribution in [0.15, 0.2) is 42.6 Å². The molecular formula is C17H16N2O4. The molecule has 3 rings (SSSR count). The maximum atomic E-state index is 10.2. The SMILES string of the molecule is COc1ccc(-c2[nH]ncc2-c2ccc(OC)c(O)c2)c(O)c1. The van der Waals surface area contributed by atoms with Gasteiger partial charge in [-0.2, -0.15) is 5.10 Å². The van der Waals surface area contributed by atoms with Gasteiger partial charge < -0.3 is 19.7 Å². The smallest absolute Gasteiger partial charge is 0.160 e. The van der Waals surface area contributed by atoms with Crippen LogP contribution in [-0.4, -0.2) is 34.6 Å². The number of aromatic nitrogens is 2. The first-order valence-corrected chi connectivity index (χ1v) is 6.92. The maximum Gasteiger partial charge on any atom is 0.160 e. The van der Waals surface area contributed by atoms with E-state index >= 15 is 0 Å². The fourth-order valence-corrected chi connectivity index (χ4v) is 2.42. The van der Waals surface area contributed by atoms with Crippen molar-refractivity contribution in [1.82, 2.24) is 10.2 Å². The number of aromatic hydroxyl groups is 2. The molecule has 0 amide bonds. The zero-order valence-electron chi connectivity index (χ0n) is 12.7. The van der Waals surface area contributed by atoms with Crippen molar-refractivity contribution in [3.05, 3.63) is 42.6 Å². The molecule has 6 heteroatoms. The second-order valence-corrected chi connectivity index (χ2v) is 4.93. The standard InChI is InChI=1S/C17H16N2O4/c1-22-11-4-5-12(14(20)8-11)17-13(9-18-19-17)10-3-6-16(23-2)15(21)7-10/h3-9,20-21H,1-2H3,(H,18,19). The predicted molar refractivity (Wildman–Crippen MR) is 85.9 cm³/mol. The number of phenols is 2. The lowest BCUT2D eigenvalue weighted by molar-refractivity contribution is 0.373. The molecule has 23 heavy (non-hydrogen) atoms. The van der Waals surface area contributed by atoms with Crippen LogP contribution in [-0.2, 0) is 0 Å². The Hall–Kier alpha value is -3.15. The summed E-state index contributed by atoms with van der Waals surface area (Å²) in [5.74, 6) is 1.07. The van der Waals surface area contributed by atoms with E-state index in [-0.39, 0.29) is 11.5 Å². The van der Waals surface area contributed by atoms with Gasteiger partial charge in [-0.15, -0.1) is 0 Å². The first-order valence-electron chi connectivity index (χ1n) is 6.92. The van der Waals surface area contributed by atoms with Crippen LogP contribution in [0.1, 0.15) is 0 Å². The molecule has 0 radical (unpaired) electrons. The van der Waals surface area contributed by atoms with Crippen molar-refractivity contribution in [3.63, 3.8) is 0 Å². The summed E-state index contributed by atoms with van der Waals surface area (Å²) in [6, 6.07) is 10.1. The molecule has 6 nitrogen and oxygen atoms in total. The van der Waals surface area contributed by atoms with Crippen LogP contribution in [0.2, 0.25) is 0 Å². The van der Waals surface area contributed by atoms with Crippen LogP contribution in [0, 0.1) is 0 Å². The van der Waals surface area contributed by atoms with Crippen LogP contribution >= 0.6 is 0 Å². The van der Waals surface area contributed by atoms with Gasteiger partial charge in [0.1, 0.15) is 11.5 Å². The van der Waals surface area contributed by atoms with Crippen LogP contribution in [0.4, 0.5) is 0 Å². The Bertz CT molecular complexity index is 842. The third kappa shape index (κ3) is 2.66. The van der Waals surface area contributed by atoms with Crippen molar-refractivity contribution >= 4 is 0 Å². The van der Waals surface area contributed by atoms with Gasteiger partial charge in [0, 0.05) is 17.2 Å². The molecule has 2 aromatic carbocycles. The highest BCUT2D eigenvalue weighted by molar-refractivity contribution is 5.84. The van der Waals surface area contributed by atoms with Crippen molar-refractivity contribution < 1.29 is 19.7 Å². The number of ether oxygens (including phenoxy) is 2. The van der Waals surface area contributed by atoms with E-state index in [9.17, 15) is 10.2 Å². The minimum atomic E-state index is 0.0381. The summed E-state index contributed by atoms with van der Waals surface area (Å²) in [7, 11) is 3.03. The summed E-state index contributed by atoms with van der Waals surface area (Å²) in [5, 5.41) is 27.1. The monoisotopic (exact) mass is 312 g/mol. The van der Waals surface area contributed by atoms with Gasteiger partial charge in [0.15, 0.2) is 11.5 Å². The van der Waals surface area contributed by atoms with Crippen molar-refractivity contribution in [2.45, 2.75) is 0 Å². The summed E-state index contributed by atoms with van der Waals surface area (Å²) in [6.07, 6.45) is 1.64. The normalized spacial score (nSPS) is 10.5. The number of phenolic OH excluding ortho intramolecular Hbond substituents is 2. The van der Waals surface area contributed by atoms with Crippen LogP contribution in [0.3, 0.4) is 0 Å². The van der Waals surface area contributed by atoms with Gasteiger partial charge in [-0.1, -0.05) is 6.07 Å². The molecular weight excluding hydrogens is 296 g/mol. The lowest BCUT2D eigenvalue weighted by Gasteiger charge is -2.09. The molecule has 0 atom stereocenters. The zero-order chi connectivity index (χ0) is 16.4. The molecule has 0 saturated carbocycles. The molecule has 1 aromatic heterocycles. The van der Waals surface area contributed by atoms with Crippen molar-refractivity contribution in [2.75, 3.05) is 14.2 Å².